The molecule has 0 atom stereocenters. The van der Waals surface area contributed by atoms with Crippen LogP contribution < -0.4 is 9.47 Å². The Bertz CT molecular complexity index is 769. The molecule has 4 nitrogen and oxygen atoms in total. The third kappa shape index (κ3) is 2.19. The van der Waals surface area contributed by atoms with Crippen molar-refractivity contribution in [2.45, 2.75) is 0 Å². The Balaban J connectivity index is 1.95. The first-order valence-electron chi connectivity index (χ1n) is 6.14. The number of ether oxygens (including phenoxy) is 1. The summed E-state index contributed by atoms with van der Waals surface area (Å²) in [6, 6.07) is 18.9. The summed E-state index contributed by atoms with van der Waals surface area (Å²) in [5, 5.41) is 12.9. The Morgan fingerprint density at radius 3 is 2.40 bits per heavy atom. The third-order valence-corrected chi connectivity index (χ3v) is 2.97. The Labute approximate surface area is 115 Å². The summed E-state index contributed by atoms with van der Waals surface area (Å²) in [4.78, 5) is 11.9. The lowest BCUT2D eigenvalue weighted by atomic mass is 10.2. The van der Waals surface area contributed by atoms with Crippen LogP contribution in [0.25, 0.3) is 10.9 Å². The number of pyridine rings is 1. The van der Waals surface area contributed by atoms with Gasteiger partial charge in [0, 0.05) is 11.5 Å². The number of para-hydroxylation sites is 1. The number of carbonyl (C=O) groups excluding carboxylic acids is 1. The first kappa shape index (κ1) is 12.2. The second-order valence-electron chi connectivity index (χ2n) is 4.28. The van der Waals surface area contributed by atoms with E-state index in [2.05, 4.69) is 0 Å². The van der Waals surface area contributed by atoms with Crippen LogP contribution in [0, 0.1) is 5.21 Å². The smallest absolute Gasteiger partial charge is 0.387 e. The van der Waals surface area contributed by atoms with Crippen molar-refractivity contribution in [3.63, 3.8) is 0 Å². The molecule has 98 valence electrons. The van der Waals surface area contributed by atoms with Crippen LogP contribution in [0.15, 0.2) is 66.7 Å². The largest absolute Gasteiger partial charge is 0.616 e. The van der Waals surface area contributed by atoms with Crippen LogP contribution in [-0.2, 0) is 0 Å². The van der Waals surface area contributed by atoms with E-state index < -0.39 is 5.97 Å². The van der Waals surface area contributed by atoms with E-state index in [1.165, 1.54) is 6.07 Å². The lowest BCUT2D eigenvalue weighted by molar-refractivity contribution is -0.582. The predicted molar refractivity (Wildman–Crippen MR) is 74.3 cm³/mol. The molecule has 0 saturated heterocycles. The van der Waals surface area contributed by atoms with E-state index in [9.17, 15) is 10.0 Å². The van der Waals surface area contributed by atoms with Gasteiger partial charge in [-0.1, -0.05) is 30.3 Å². The molecular weight excluding hydrogens is 254 g/mol. The van der Waals surface area contributed by atoms with Gasteiger partial charge < -0.3 is 9.94 Å². The van der Waals surface area contributed by atoms with Gasteiger partial charge in [-0.25, -0.2) is 4.79 Å². The lowest BCUT2D eigenvalue weighted by Gasteiger charge is -2.07. The molecule has 1 heterocycles. The van der Waals surface area contributed by atoms with E-state index in [1.807, 2.05) is 12.1 Å². The predicted octanol–water partition coefficient (Wildman–Crippen LogP) is 2.69. The van der Waals surface area contributed by atoms with Crippen LogP contribution in [0.2, 0.25) is 0 Å². The number of fused-ring (bicyclic) bond motifs is 1. The van der Waals surface area contributed by atoms with Gasteiger partial charge in [-0.15, -0.1) is 4.73 Å². The molecule has 0 fully saturated rings. The van der Waals surface area contributed by atoms with Crippen molar-refractivity contribution in [2.24, 2.45) is 0 Å². The first-order valence-corrected chi connectivity index (χ1v) is 6.14. The second-order valence-corrected chi connectivity index (χ2v) is 4.28. The third-order valence-electron chi connectivity index (χ3n) is 2.97. The zero-order chi connectivity index (χ0) is 13.9. The number of aromatic nitrogens is 1. The van der Waals surface area contributed by atoms with Crippen molar-refractivity contribution in [1.29, 1.82) is 0 Å². The Morgan fingerprint density at radius 2 is 1.60 bits per heavy atom. The second kappa shape index (κ2) is 5.01. The maximum absolute atomic E-state index is 12.1. The van der Waals surface area contributed by atoms with Gasteiger partial charge in [0.1, 0.15) is 0 Å². The molecule has 0 bridgehead atoms. The quantitative estimate of drug-likeness (QED) is 0.406. The van der Waals surface area contributed by atoms with E-state index in [0.29, 0.717) is 15.8 Å². The molecule has 0 aliphatic carbocycles. The van der Waals surface area contributed by atoms with Crippen molar-refractivity contribution in [1.82, 2.24) is 0 Å². The standard InChI is InChI=1S/C16H11NO3/c18-16(13-7-2-1-3-8-13)20-15-11-10-12-6-4-5-9-14(12)17(15)19/h1-11H. The normalized spacial score (nSPS) is 10.4. The molecule has 1 aromatic heterocycles. The molecule has 0 aliphatic heterocycles. The van der Waals surface area contributed by atoms with Gasteiger partial charge in [0.05, 0.1) is 11.6 Å². The van der Waals surface area contributed by atoms with Gasteiger partial charge in [0.25, 0.3) is 0 Å². The maximum Gasteiger partial charge on any atom is 0.387 e. The molecule has 4 heteroatoms. The zero-order valence-electron chi connectivity index (χ0n) is 10.5. The number of nitrogens with zero attached hydrogens (tertiary/aromatic N) is 1. The van der Waals surface area contributed by atoms with Crippen molar-refractivity contribution in [3.05, 3.63) is 77.5 Å². The number of hydrogen-bond donors (Lipinski definition) is 0. The van der Waals surface area contributed by atoms with Gasteiger partial charge in [-0.3, -0.25) is 0 Å². The number of carbonyl (C=O) groups is 1. The highest BCUT2D eigenvalue weighted by Crippen LogP contribution is 2.15. The zero-order valence-corrected chi connectivity index (χ0v) is 10.5. The highest BCUT2D eigenvalue weighted by atomic mass is 16.6. The minimum Gasteiger partial charge on any atom is -0.616 e. The summed E-state index contributed by atoms with van der Waals surface area (Å²) in [5.74, 6) is -0.581. The van der Waals surface area contributed by atoms with Crippen LogP contribution in [0.1, 0.15) is 10.4 Å². The highest BCUT2D eigenvalue weighted by Gasteiger charge is 2.16. The molecule has 0 unspecified atom stereocenters. The molecule has 2 aromatic carbocycles. The first-order chi connectivity index (χ1) is 9.75. The van der Waals surface area contributed by atoms with Crippen LogP contribution in [0.5, 0.6) is 5.88 Å². The van der Waals surface area contributed by atoms with Gasteiger partial charge in [0.15, 0.2) is 0 Å². The van der Waals surface area contributed by atoms with Crippen molar-refractivity contribution >= 4 is 16.9 Å². The number of hydrogen-bond acceptors (Lipinski definition) is 3. The van der Waals surface area contributed by atoms with Gasteiger partial charge in [0.2, 0.25) is 5.52 Å². The number of esters is 1. The van der Waals surface area contributed by atoms with E-state index >= 15 is 0 Å². The SMILES string of the molecule is O=C(Oc1ccc2ccccc2[n+]1[O-])c1ccccc1. The van der Waals surface area contributed by atoms with E-state index in [0.717, 1.165) is 5.39 Å². The maximum atomic E-state index is 12.1. The summed E-state index contributed by atoms with van der Waals surface area (Å²) < 4.78 is 5.77. The van der Waals surface area contributed by atoms with Crippen LogP contribution in [0.3, 0.4) is 0 Å². The minimum absolute atomic E-state index is 0.0300. The summed E-state index contributed by atoms with van der Waals surface area (Å²) in [5.41, 5.74) is 0.867. The monoisotopic (exact) mass is 265 g/mol. The Hall–Kier alpha value is -2.88. The van der Waals surface area contributed by atoms with Crippen molar-refractivity contribution < 1.29 is 14.3 Å². The van der Waals surface area contributed by atoms with Crippen LogP contribution in [0.4, 0.5) is 0 Å². The van der Waals surface area contributed by atoms with E-state index in [4.69, 9.17) is 4.74 Å². The fourth-order valence-corrected chi connectivity index (χ4v) is 1.96. The van der Waals surface area contributed by atoms with Crippen molar-refractivity contribution in [2.75, 3.05) is 0 Å². The average molecular weight is 265 g/mol. The van der Waals surface area contributed by atoms with Crippen molar-refractivity contribution in [3.8, 4) is 5.88 Å². The fraction of sp³-hybridized carbons (Fsp3) is 0. The van der Waals surface area contributed by atoms with Gasteiger partial charge in [-0.2, -0.15) is 0 Å². The Kier molecular flexibility index (Phi) is 3.05. The summed E-state index contributed by atoms with van der Waals surface area (Å²) in [6.45, 7) is 0. The Morgan fingerprint density at radius 1 is 0.900 bits per heavy atom. The molecule has 20 heavy (non-hydrogen) atoms. The van der Waals surface area contributed by atoms with Gasteiger partial charge >= 0.3 is 11.8 Å². The highest BCUT2D eigenvalue weighted by molar-refractivity contribution is 5.90. The molecule has 3 aromatic rings. The molecule has 3 rings (SSSR count). The average Bonchev–Trinajstić information content (AvgIpc) is 2.51. The lowest BCUT2D eigenvalue weighted by Crippen LogP contribution is -2.31. The molecule has 0 N–H and O–H groups in total. The topological polar surface area (TPSA) is 53.2 Å². The number of benzene rings is 2. The summed E-state index contributed by atoms with van der Waals surface area (Å²) in [6.07, 6.45) is 0. The van der Waals surface area contributed by atoms with Crippen LogP contribution in [-0.4, -0.2) is 5.97 Å². The molecule has 0 radical (unpaired) electrons. The van der Waals surface area contributed by atoms with E-state index in [-0.39, 0.29) is 5.88 Å². The van der Waals surface area contributed by atoms with Crippen LogP contribution >= 0.6 is 0 Å². The molecular formula is C16H11NO3. The molecule has 0 aliphatic rings. The molecule has 0 saturated carbocycles. The summed E-state index contributed by atoms with van der Waals surface area (Å²) in [7, 11) is 0. The fourth-order valence-electron chi connectivity index (χ4n) is 1.96. The summed E-state index contributed by atoms with van der Waals surface area (Å²) >= 11 is 0. The van der Waals surface area contributed by atoms with Gasteiger partial charge in [-0.05, 0) is 24.3 Å². The van der Waals surface area contributed by atoms with E-state index in [1.54, 1.807) is 48.5 Å². The molecule has 0 amide bonds. The minimum atomic E-state index is -0.550. The molecule has 0 spiro atoms. The number of rotatable bonds is 2.